The number of hydrogen-bond acceptors (Lipinski definition) is 3. The second-order valence-electron chi connectivity index (χ2n) is 6.62. The second kappa shape index (κ2) is 5.80. The number of nitrogens with one attached hydrogen (secondary N) is 2. The topological polar surface area (TPSA) is 50.4 Å². The zero-order chi connectivity index (χ0) is 14.0. The molecule has 1 amide bonds. The molecule has 2 N–H and O–H groups in total. The van der Waals surface area contributed by atoms with Crippen molar-refractivity contribution < 1.29 is 9.53 Å². The molecule has 0 aromatic carbocycles. The summed E-state index contributed by atoms with van der Waals surface area (Å²) in [5.41, 5.74) is 0.203. The predicted molar refractivity (Wildman–Crippen MR) is 75.9 cm³/mol. The lowest BCUT2D eigenvalue weighted by atomic mass is 9.57. The second-order valence-corrected chi connectivity index (χ2v) is 6.62. The van der Waals surface area contributed by atoms with Crippen LogP contribution in [0.5, 0.6) is 0 Å². The van der Waals surface area contributed by atoms with E-state index < -0.39 is 0 Å². The van der Waals surface area contributed by atoms with Gasteiger partial charge in [0, 0.05) is 43.0 Å². The van der Waals surface area contributed by atoms with E-state index in [2.05, 4.69) is 31.4 Å². The molecule has 0 aromatic rings. The average molecular weight is 268 g/mol. The van der Waals surface area contributed by atoms with Crippen LogP contribution in [0.4, 0.5) is 0 Å². The zero-order valence-corrected chi connectivity index (χ0v) is 12.7. The molecular weight excluding hydrogens is 240 g/mol. The molecule has 4 atom stereocenters. The Morgan fingerprint density at radius 3 is 2.89 bits per heavy atom. The first-order chi connectivity index (χ1) is 8.96. The standard InChI is InChI=1S/C15H28N2O2/c1-5-10(2)17-12(18)6-8-16-13-11-7-9-19-14(11)15(13,3)4/h10-11,13-14,16H,5-9H2,1-4H3,(H,17,18). The lowest BCUT2D eigenvalue weighted by Gasteiger charge is -2.55. The largest absolute Gasteiger partial charge is 0.377 e. The SMILES string of the molecule is CCC(C)NC(=O)CCNC1C2CCOC2C1(C)C. The van der Waals surface area contributed by atoms with Crippen molar-refractivity contribution in [3.8, 4) is 0 Å². The average Bonchev–Trinajstić information content (AvgIpc) is 2.80. The highest BCUT2D eigenvalue weighted by Gasteiger charge is 2.58. The van der Waals surface area contributed by atoms with Crippen LogP contribution in [-0.2, 0) is 9.53 Å². The van der Waals surface area contributed by atoms with Crippen molar-refractivity contribution in [3.05, 3.63) is 0 Å². The van der Waals surface area contributed by atoms with Crippen molar-refractivity contribution in [3.63, 3.8) is 0 Å². The van der Waals surface area contributed by atoms with E-state index in [4.69, 9.17) is 4.74 Å². The minimum atomic E-state index is 0.151. The summed E-state index contributed by atoms with van der Waals surface area (Å²) >= 11 is 0. The third-order valence-corrected chi connectivity index (χ3v) is 4.84. The van der Waals surface area contributed by atoms with Gasteiger partial charge in [-0.2, -0.15) is 0 Å². The van der Waals surface area contributed by atoms with Gasteiger partial charge in [-0.1, -0.05) is 20.8 Å². The van der Waals surface area contributed by atoms with Gasteiger partial charge in [-0.05, 0) is 19.8 Å². The Morgan fingerprint density at radius 2 is 2.21 bits per heavy atom. The van der Waals surface area contributed by atoms with Crippen LogP contribution >= 0.6 is 0 Å². The molecule has 2 rings (SSSR count). The molecule has 0 aromatic heterocycles. The molecule has 1 saturated carbocycles. The maximum Gasteiger partial charge on any atom is 0.221 e. The van der Waals surface area contributed by atoms with Crippen molar-refractivity contribution in [2.75, 3.05) is 13.2 Å². The summed E-state index contributed by atoms with van der Waals surface area (Å²) in [5.74, 6) is 0.797. The Balaban J connectivity index is 1.70. The van der Waals surface area contributed by atoms with Gasteiger partial charge in [-0.25, -0.2) is 0 Å². The summed E-state index contributed by atoms with van der Waals surface area (Å²) in [6.45, 7) is 10.3. The van der Waals surface area contributed by atoms with Crippen molar-refractivity contribution in [2.24, 2.45) is 11.3 Å². The van der Waals surface area contributed by atoms with Crippen LogP contribution in [-0.4, -0.2) is 37.2 Å². The Kier molecular flexibility index (Phi) is 4.51. The molecule has 1 aliphatic carbocycles. The number of hydrogen-bond donors (Lipinski definition) is 2. The van der Waals surface area contributed by atoms with E-state index in [0.717, 1.165) is 26.0 Å². The summed E-state index contributed by atoms with van der Waals surface area (Å²) < 4.78 is 5.77. The molecule has 1 heterocycles. The van der Waals surface area contributed by atoms with Gasteiger partial charge in [-0.3, -0.25) is 4.79 Å². The van der Waals surface area contributed by atoms with Crippen LogP contribution in [0.25, 0.3) is 0 Å². The fourth-order valence-electron chi connectivity index (χ4n) is 3.53. The van der Waals surface area contributed by atoms with Crippen LogP contribution < -0.4 is 10.6 Å². The Labute approximate surface area is 116 Å². The molecule has 0 radical (unpaired) electrons. The van der Waals surface area contributed by atoms with E-state index in [9.17, 15) is 4.79 Å². The maximum atomic E-state index is 11.7. The number of rotatable bonds is 6. The number of fused-ring (bicyclic) bond motifs is 1. The van der Waals surface area contributed by atoms with Gasteiger partial charge in [0.25, 0.3) is 0 Å². The number of carbonyl (C=O) groups is 1. The minimum absolute atomic E-state index is 0.151. The van der Waals surface area contributed by atoms with Gasteiger partial charge in [0.15, 0.2) is 0 Å². The Bertz CT molecular complexity index is 330. The van der Waals surface area contributed by atoms with Gasteiger partial charge in [0.05, 0.1) is 6.10 Å². The van der Waals surface area contributed by atoms with E-state index in [1.54, 1.807) is 0 Å². The fraction of sp³-hybridized carbons (Fsp3) is 0.933. The highest BCUT2D eigenvalue weighted by Crippen LogP contribution is 2.51. The number of carbonyl (C=O) groups excluding carboxylic acids is 1. The van der Waals surface area contributed by atoms with Crippen LogP contribution in [0, 0.1) is 11.3 Å². The molecule has 4 unspecified atom stereocenters. The van der Waals surface area contributed by atoms with Gasteiger partial charge in [0.1, 0.15) is 0 Å². The quantitative estimate of drug-likeness (QED) is 0.771. The fourth-order valence-corrected chi connectivity index (χ4v) is 3.53. The molecule has 4 heteroatoms. The van der Waals surface area contributed by atoms with E-state index >= 15 is 0 Å². The number of amides is 1. The number of ether oxygens (including phenoxy) is 1. The molecule has 1 saturated heterocycles. The van der Waals surface area contributed by atoms with Crippen molar-refractivity contribution in [1.82, 2.24) is 10.6 Å². The van der Waals surface area contributed by atoms with Crippen molar-refractivity contribution >= 4 is 5.91 Å². The van der Waals surface area contributed by atoms with Gasteiger partial charge in [0.2, 0.25) is 5.91 Å². The van der Waals surface area contributed by atoms with E-state index in [1.807, 2.05) is 6.92 Å². The summed E-state index contributed by atoms with van der Waals surface area (Å²) in [6.07, 6.45) is 3.12. The monoisotopic (exact) mass is 268 g/mol. The summed E-state index contributed by atoms with van der Waals surface area (Å²) in [7, 11) is 0. The van der Waals surface area contributed by atoms with Crippen molar-refractivity contribution in [1.29, 1.82) is 0 Å². The molecular formula is C15H28N2O2. The molecule has 1 aliphatic heterocycles. The van der Waals surface area contributed by atoms with Gasteiger partial charge < -0.3 is 15.4 Å². The lowest BCUT2D eigenvalue weighted by Crippen LogP contribution is -2.66. The molecule has 0 spiro atoms. The lowest BCUT2D eigenvalue weighted by molar-refractivity contribution is -0.123. The molecule has 0 bridgehead atoms. The van der Waals surface area contributed by atoms with E-state index in [-0.39, 0.29) is 17.4 Å². The first-order valence-electron chi connectivity index (χ1n) is 7.61. The summed E-state index contributed by atoms with van der Waals surface area (Å²) in [6, 6.07) is 0.775. The zero-order valence-electron chi connectivity index (χ0n) is 12.7. The predicted octanol–water partition coefficient (Wildman–Crippen LogP) is 1.69. The minimum Gasteiger partial charge on any atom is -0.377 e. The Morgan fingerprint density at radius 1 is 1.47 bits per heavy atom. The normalized spacial score (nSPS) is 33.4. The molecule has 110 valence electrons. The van der Waals surface area contributed by atoms with Gasteiger partial charge >= 0.3 is 0 Å². The third kappa shape index (κ3) is 2.95. The molecule has 19 heavy (non-hydrogen) atoms. The van der Waals surface area contributed by atoms with E-state index in [0.29, 0.717) is 24.5 Å². The van der Waals surface area contributed by atoms with Crippen LogP contribution in [0.3, 0.4) is 0 Å². The van der Waals surface area contributed by atoms with Gasteiger partial charge in [-0.15, -0.1) is 0 Å². The summed E-state index contributed by atoms with van der Waals surface area (Å²) in [5, 5.41) is 6.56. The smallest absolute Gasteiger partial charge is 0.221 e. The molecule has 4 nitrogen and oxygen atoms in total. The van der Waals surface area contributed by atoms with E-state index in [1.165, 1.54) is 0 Å². The first kappa shape index (κ1) is 14.8. The van der Waals surface area contributed by atoms with Crippen LogP contribution in [0.1, 0.15) is 47.0 Å². The maximum absolute atomic E-state index is 11.7. The van der Waals surface area contributed by atoms with Crippen molar-refractivity contribution in [2.45, 2.75) is 65.1 Å². The first-order valence-corrected chi connectivity index (χ1v) is 7.61. The van der Waals surface area contributed by atoms with Crippen LogP contribution in [0.2, 0.25) is 0 Å². The summed E-state index contributed by atoms with van der Waals surface area (Å²) in [4.78, 5) is 11.7. The highest BCUT2D eigenvalue weighted by molar-refractivity contribution is 5.76. The van der Waals surface area contributed by atoms with Crippen LogP contribution in [0.15, 0.2) is 0 Å². The third-order valence-electron chi connectivity index (χ3n) is 4.84. The molecule has 2 fully saturated rings. The Hall–Kier alpha value is -0.610. The highest BCUT2D eigenvalue weighted by atomic mass is 16.5. The molecule has 2 aliphatic rings.